The molecule has 4 heteroatoms. The van der Waals surface area contributed by atoms with Crippen molar-refractivity contribution in [1.29, 1.82) is 0 Å². The average Bonchev–Trinajstić information content (AvgIpc) is 2.81. The Balaban J connectivity index is 1.59. The molecule has 0 bridgehead atoms. The smallest absolute Gasteiger partial charge is 0.221 e. The number of piperidine rings is 1. The highest BCUT2D eigenvalue weighted by molar-refractivity contribution is 5.76. The Kier molecular flexibility index (Phi) is 4.60. The Bertz CT molecular complexity index is 220. The van der Waals surface area contributed by atoms with Crippen molar-refractivity contribution in [2.75, 3.05) is 32.7 Å². The van der Waals surface area contributed by atoms with Gasteiger partial charge in [0.05, 0.1) is 0 Å². The van der Waals surface area contributed by atoms with Crippen LogP contribution >= 0.6 is 0 Å². The van der Waals surface area contributed by atoms with Gasteiger partial charge in [-0.05, 0) is 51.9 Å². The molecular formula is C12H23N3O. The summed E-state index contributed by atoms with van der Waals surface area (Å²) in [5.74, 6) is 0.235. The van der Waals surface area contributed by atoms with Crippen molar-refractivity contribution in [3.05, 3.63) is 0 Å². The Morgan fingerprint density at radius 3 is 2.62 bits per heavy atom. The first-order chi connectivity index (χ1) is 7.84. The fourth-order valence-corrected chi connectivity index (χ4v) is 2.53. The molecule has 2 saturated heterocycles. The highest BCUT2D eigenvalue weighted by Gasteiger charge is 2.17. The SMILES string of the molecule is O=C(CCN1CCCC1)NC1CCNCC1. The number of hydrogen-bond donors (Lipinski definition) is 2. The minimum absolute atomic E-state index is 0.235. The maximum absolute atomic E-state index is 11.7. The zero-order valence-corrected chi connectivity index (χ0v) is 10.0. The molecule has 16 heavy (non-hydrogen) atoms. The second kappa shape index (κ2) is 6.21. The fraction of sp³-hybridized carbons (Fsp3) is 0.917. The maximum Gasteiger partial charge on any atom is 0.221 e. The third kappa shape index (κ3) is 3.76. The number of likely N-dealkylation sites (tertiary alicyclic amines) is 1. The number of rotatable bonds is 4. The molecule has 2 rings (SSSR count). The number of nitrogens with one attached hydrogen (secondary N) is 2. The van der Waals surface area contributed by atoms with Gasteiger partial charge in [-0.1, -0.05) is 0 Å². The van der Waals surface area contributed by atoms with Gasteiger partial charge >= 0.3 is 0 Å². The highest BCUT2D eigenvalue weighted by atomic mass is 16.1. The molecule has 0 aromatic carbocycles. The van der Waals surface area contributed by atoms with Crippen molar-refractivity contribution in [3.8, 4) is 0 Å². The second-order valence-corrected chi connectivity index (χ2v) is 4.89. The first kappa shape index (κ1) is 11.9. The molecule has 2 fully saturated rings. The van der Waals surface area contributed by atoms with E-state index in [2.05, 4.69) is 15.5 Å². The van der Waals surface area contributed by atoms with Crippen LogP contribution in [0.25, 0.3) is 0 Å². The maximum atomic E-state index is 11.7. The Morgan fingerprint density at radius 2 is 1.94 bits per heavy atom. The molecule has 0 radical (unpaired) electrons. The van der Waals surface area contributed by atoms with E-state index in [1.54, 1.807) is 0 Å². The minimum atomic E-state index is 0.235. The van der Waals surface area contributed by atoms with Crippen molar-refractivity contribution >= 4 is 5.91 Å². The van der Waals surface area contributed by atoms with Gasteiger partial charge in [-0.2, -0.15) is 0 Å². The lowest BCUT2D eigenvalue weighted by Crippen LogP contribution is -2.43. The Labute approximate surface area is 97.8 Å². The molecule has 0 saturated carbocycles. The largest absolute Gasteiger partial charge is 0.353 e. The van der Waals surface area contributed by atoms with Gasteiger partial charge < -0.3 is 15.5 Å². The van der Waals surface area contributed by atoms with Crippen molar-refractivity contribution in [1.82, 2.24) is 15.5 Å². The van der Waals surface area contributed by atoms with Gasteiger partial charge in [0.1, 0.15) is 0 Å². The number of nitrogens with zero attached hydrogens (tertiary/aromatic N) is 1. The van der Waals surface area contributed by atoms with E-state index in [-0.39, 0.29) is 5.91 Å². The molecule has 2 aliphatic rings. The van der Waals surface area contributed by atoms with Gasteiger partial charge in [0, 0.05) is 19.0 Å². The topological polar surface area (TPSA) is 44.4 Å². The lowest BCUT2D eigenvalue weighted by molar-refractivity contribution is -0.122. The number of carbonyl (C=O) groups is 1. The molecule has 2 N–H and O–H groups in total. The van der Waals surface area contributed by atoms with Gasteiger partial charge in [-0.3, -0.25) is 4.79 Å². The molecule has 0 aromatic rings. The molecule has 1 amide bonds. The summed E-state index contributed by atoms with van der Waals surface area (Å²) in [6, 6.07) is 0.410. The van der Waals surface area contributed by atoms with Gasteiger partial charge in [-0.15, -0.1) is 0 Å². The molecule has 0 unspecified atom stereocenters. The van der Waals surface area contributed by atoms with Crippen LogP contribution in [0.1, 0.15) is 32.1 Å². The van der Waals surface area contributed by atoms with E-state index in [4.69, 9.17) is 0 Å². The van der Waals surface area contributed by atoms with E-state index in [1.807, 2.05) is 0 Å². The number of carbonyl (C=O) groups excluding carboxylic acids is 1. The van der Waals surface area contributed by atoms with Crippen LogP contribution in [-0.4, -0.2) is 49.6 Å². The van der Waals surface area contributed by atoms with Crippen molar-refractivity contribution in [2.45, 2.75) is 38.1 Å². The van der Waals surface area contributed by atoms with Crippen molar-refractivity contribution in [2.24, 2.45) is 0 Å². The molecule has 0 aliphatic carbocycles. The van der Waals surface area contributed by atoms with Crippen LogP contribution in [0.15, 0.2) is 0 Å². The predicted molar refractivity (Wildman–Crippen MR) is 64.3 cm³/mol. The van der Waals surface area contributed by atoms with Crippen LogP contribution in [0.4, 0.5) is 0 Å². The Morgan fingerprint density at radius 1 is 1.25 bits per heavy atom. The second-order valence-electron chi connectivity index (χ2n) is 4.89. The molecule has 2 aliphatic heterocycles. The summed E-state index contributed by atoms with van der Waals surface area (Å²) in [6.45, 7) is 5.38. The van der Waals surface area contributed by atoms with E-state index >= 15 is 0 Å². The summed E-state index contributed by atoms with van der Waals surface area (Å²) in [5.41, 5.74) is 0. The lowest BCUT2D eigenvalue weighted by atomic mass is 10.1. The number of amides is 1. The molecule has 2 heterocycles. The standard InChI is InChI=1S/C12H23N3O/c16-12(5-10-15-8-1-2-9-15)14-11-3-6-13-7-4-11/h11,13H,1-10H2,(H,14,16). The normalized spacial score (nSPS) is 23.5. The summed E-state index contributed by atoms with van der Waals surface area (Å²) < 4.78 is 0. The van der Waals surface area contributed by atoms with E-state index in [0.717, 1.165) is 32.5 Å². The minimum Gasteiger partial charge on any atom is -0.353 e. The zero-order chi connectivity index (χ0) is 11.2. The highest BCUT2D eigenvalue weighted by Crippen LogP contribution is 2.08. The Hall–Kier alpha value is -0.610. The van der Waals surface area contributed by atoms with Crippen LogP contribution in [0.3, 0.4) is 0 Å². The monoisotopic (exact) mass is 225 g/mol. The molecule has 0 atom stereocenters. The van der Waals surface area contributed by atoms with Crippen LogP contribution in [0.5, 0.6) is 0 Å². The summed E-state index contributed by atoms with van der Waals surface area (Å²) >= 11 is 0. The molecule has 4 nitrogen and oxygen atoms in total. The van der Waals surface area contributed by atoms with Crippen molar-refractivity contribution < 1.29 is 4.79 Å². The van der Waals surface area contributed by atoms with Crippen LogP contribution < -0.4 is 10.6 Å². The lowest BCUT2D eigenvalue weighted by Gasteiger charge is -2.24. The zero-order valence-electron chi connectivity index (χ0n) is 10.0. The first-order valence-corrected chi connectivity index (χ1v) is 6.57. The van der Waals surface area contributed by atoms with Gasteiger partial charge in [0.2, 0.25) is 5.91 Å². The van der Waals surface area contributed by atoms with Crippen LogP contribution in [0.2, 0.25) is 0 Å². The van der Waals surface area contributed by atoms with Crippen LogP contribution in [0, 0.1) is 0 Å². The van der Waals surface area contributed by atoms with Gasteiger partial charge in [-0.25, -0.2) is 0 Å². The first-order valence-electron chi connectivity index (χ1n) is 6.57. The average molecular weight is 225 g/mol. The van der Waals surface area contributed by atoms with Crippen molar-refractivity contribution in [3.63, 3.8) is 0 Å². The van der Waals surface area contributed by atoms with Crippen LogP contribution in [-0.2, 0) is 4.79 Å². The quantitative estimate of drug-likeness (QED) is 0.725. The van der Waals surface area contributed by atoms with E-state index in [9.17, 15) is 4.79 Å². The molecular weight excluding hydrogens is 202 g/mol. The predicted octanol–water partition coefficient (Wildman–Crippen LogP) is 0.341. The molecule has 92 valence electrons. The summed E-state index contributed by atoms with van der Waals surface area (Å²) in [4.78, 5) is 14.1. The fourth-order valence-electron chi connectivity index (χ4n) is 2.53. The van der Waals surface area contributed by atoms with Gasteiger partial charge in [0.25, 0.3) is 0 Å². The summed E-state index contributed by atoms with van der Waals surface area (Å²) in [6.07, 6.45) is 5.43. The third-order valence-corrected chi connectivity index (χ3v) is 3.56. The number of hydrogen-bond acceptors (Lipinski definition) is 3. The van der Waals surface area contributed by atoms with E-state index in [1.165, 1.54) is 25.9 Å². The molecule has 0 spiro atoms. The third-order valence-electron chi connectivity index (χ3n) is 3.56. The molecule has 0 aromatic heterocycles. The van der Waals surface area contributed by atoms with E-state index < -0.39 is 0 Å². The summed E-state index contributed by atoms with van der Waals surface area (Å²) in [5, 5.41) is 6.44. The summed E-state index contributed by atoms with van der Waals surface area (Å²) in [7, 11) is 0. The van der Waals surface area contributed by atoms with E-state index in [0.29, 0.717) is 12.5 Å². The van der Waals surface area contributed by atoms with Gasteiger partial charge in [0.15, 0.2) is 0 Å².